The van der Waals surface area contributed by atoms with Crippen LogP contribution in [0, 0.1) is 5.82 Å². The molecule has 1 fully saturated rings. The van der Waals surface area contributed by atoms with E-state index in [0.717, 1.165) is 42.0 Å². The highest BCUT2D eigenvalue weighted by molar-refractivity contribution is 5.84. The molecule has 36 heavy (non-hydrogen) atoms. The summed E-state index contributed by atoms with van der Waals surface area (Å²) in [6.45, 7) is 3.79. The Balaban J connectivity index is 1.62. The van der Waals surface area contributed by atoms with Gasteiger partial charge in [0.05, 0.1) is 36.2 Å². The molecule has 186 valence electrons. The summed E-state index contributed by atoms with van der Waals surface area (Å²) < 4.78 is 32.9. The third-order valence-electron chi connectivity index (χ3n) is 6.75. The van der Waals surface area contributed by atoms with Crippen LogP contribution in [0.5, 0.6) is 11.5 Å². The molecule has 0 saturated carbocycles. The lowest BCUT2D eigenvalue weighted by atomic mass is 10.0. The summed E-state index contributed by atoms with van der Waals surface area (Å²) in [5, 5.41) is 14.9. The summed E-state index contributed by atoms with van der Waals surface area (Å²) in [7, 11) is 0. The highest BCUT2D eigenvalue weighted by Gasteiger charge is 2.28. The van der Waals surface area contributed by atoms with Crippen LogP contribution in [0.4, 0.5) is 10.2 Å². The molecule has 0 amide bonds. The molecule has 6 rings (SSSR count). The van der Waals surface area contributed by atoms with Crippen molar-refractivity contribution in [2.24, 2.45) is 0 Å². The van der Waals surface area contributed by atoms with Gasteiger partial charge in [0.1, 0.15) is 11.6 Å². The molecular weight excluding hydrogens is 463 g/mol. The molecule has 1 saturated heterocycles. The molecule has 0 spiro atoms. The van der Waals surface area contributed by atoms with E-state index in [-0.39, 0.29) is 25.3 Å². The number of aliphatic hydroxyl groups is 1. The van der Waals surface area contributed by atoms with Gasteiger partial charge in [-0.15, -0.1) is 0 Å². The fourth-order valence-corrected chi connectivity index (χ4v) is 5.02. The lowest BCUT2D eigenvalue weighted by Crippen LogP contribution is -2.32. The van der Waals surface area contributed by atoms with Crippen LogP contribution in [0.3, 0.4) is 0 Å². The third-order valence-corrected chi connectivity index (χ3v) is 6.75. The summed E-state index contributed by atoms with van der Waals surface area (Å²) >= 11 is 0. The van der Waals surface area contributed by atoms with Crippen molar-refractivity contribution >= 4 is 11.5 Å². The summed E-state index contributed by atoms with van der Waals surface area (Å²) in [5.74, 6) is 1.75. The molecule has 0 bridgehead atoms. The summed E-state index contributed by atoms with van der Waals surface area (Å²) in [5.41, 5.74) is 4.44. The fourth-order valence-electron chi connectivity index (χ4n) is 5.02. The van der Waals surface area contributed by atoms with Crippen molar-refractivity contribution in [2.45, 2.75) is 32.4 Å². The van der Waals surface area contributed by atoms with E-state index in [1.54, 1.807) is 10.6 Å². The molecule has 0 radical (unpaired) electrons. The quantitative estimate of drug-likeness (QED) is 0.411. The molecule has 2 aromatic heterocycles. The van der Waals surface area contributed by atoms with Crippen molar-refractivity contribution in [1.29, 1.82) is 0 Å². The second kappa shape index (κ2) is 9.40. The van der Waals surface area contributed by atoms with Gasteiger partial charge >= 0.3 is 0 Å². The molecule has 2 aliphatic heterocycles. The first-order valence-corrected chi connectivity index (χ1v) is 12.2. The second-order valence-electron chi connectivity index (χ2n) is 8.94. The van der Waals surface area contributed by atoms with Crippen LogP contribution in [0.25, 0.3) is 28.0 Å². The van der Waals surface area contributed by atoms with Gasteiger partial charge in [-0.3, -0.25) is 0 Å². The number of benzene rings is 2. The zero-order valence-electron chi connectivity index (χ0n) is 20.0. The largest absolute Gasteiger partial charge is 0.454 e. The topological polar surface area (TPSA) is 81.4 Å². The predicted molar refractivity (Wildman–Crippen MR) is 133 cm³/mol. The molecule has 8 nitrogen and oxygen atoms in total. The number of hydrogen-bond acceptors (Lipinski definition) is 7. The molecule has 4 heterocycles. The Hall–Kier alpha value is -3.69. The first-order chi connectivity index (χ1) is 17.7. The van der Waals surface area contributed by atoms with Crippen molar-refractivity contribution in [3.63, 3.8) is 0 Å². The Bertz CT molecular complexity index is 1420. The molecule has 0 aliphatic carbocycles. The maximum absolute atomic E-state index is 14.3. The molecule has 4 aromatic rings. The zero-order chi connectivity index (χ0) is 24.6. The van der Waals surface area contributed by atoms with Crippen LogP contribution >= 0.6 is 0 Å². The van der Waals surface area contributed by atoms with Crippen molar-refractivity contribution in [1.82, 2.24) is 14.6 Å². The van der Waals surface area contributed by atoms with Gasteiger partial charge < -0.3 is 24.2 Å². The summed E-state index contributed by atoms with van der Waals surface area (Å²) in [4.78, 5) is 7.18. The smallest absolute Gasteiger partial charge is 0.231 e. The van der Waals surface area contributed by atoms with Crippen LogP contribution in [-0.4, -0.2) is 52.3 Å². The van der Waals surface area contributed by atoms with E-state index < -0.39 is 0 Å². The average Bonchev–Trinajstić information content (AvgIpc) is 3.64. The minimum absolute atomic E-state index is 0.0138. The Labute approximate surface area is 207 Å². The predicted octanol–water partition coefficient (Wildman–Crippen LogP) is 4.43. The third kappa shape index (κ3) is 3.94. The lowest BCUT2D eigenvalue weighted by molar-refractivity contribution is 0.131. The monoisotopic (exact) mass is 490 g/mol. The number of anilines is 1. The minimum atomic E-state index is -0.328. The minimum Gasteiger partial charge on any atom is -0.454 e. The molecule has 1 N–H and O–H groups in total. The molecule has 9 heteroatoms. The van der Waals surface area contributed by atoms with E-state index in [9.17, 15) is 9.50 Å². The van der Waals surface area contributed by atoms with Gasteiger partial charge in [-0.05, 0) is 49.6 Å². The van der Waals surface area contributed by atoms with Crippen LogP contribution < -0.4 is 14.4 Å². The molecule has 2 aliphatic rings. The Morgan fingerprint density at radius 1 is 1.11 bits per heavy atom. The number of rotatable bonds is 7. The van der Waals surface area contributed by atoms with Crippen LogP contribution in [-0.2, 0) is 11.3 Å². The normalized spacial score (nSPS) is 16.9. The Morgan fingerprint density at radius 3 is 2.83 bits per heavy atom. The van der Waals surface area contributed by atoms with E-state index in [4.69, 9.17) is 24.3 Å². The van der Waals surface area contributed by atoms with Gasteiger partial charge in [0.2, 0.25) is 6.79 Å². The lowest BCUT2D eigenvalue weighted by Gasteiger charge is -2.25. The van der Waals surface area contributed by atoms with E-state index >= 15 is 0 Å². The highest BCUT2D eigenvalue weighted by Crippen LogP contribution is 2.40. The first kappa shape index (κ1) is 22.8. The molecular formula is C27H27FN4O4. The summed E-state index contributed by atoms with van der Waals surface area (Å²) in [6, 6.07) is 14.1. The SMILES string of the molecule is CCOCc1nn2c(-c3cccc(F)c3)cc(N3CCCC3CO)nc2c1-c1ccc2c(c1)OCO2. The molecule has 2 aromatic carbocycles. The maximum Gasteiger partial charge on any atom is 0.231 e. The van der Waals surface area contributed by atoms with Crippen molar-refractivity contribution < 1.29 is 23.7 Å². The summed E-state index contributed by atoms with van der Waals surface area (Å²) in [6.07, 6.45) is 1.86. The van der Waals surface area contributed by atoms with Crippen molar-refractivity contribution in [2.75, 3.05) is 31.5 Å². The van der Waals surface area contributed by atoms with Crippen LogP contribution in [0.1, 0.15) is 25.5 Å². The van der Waals surface area contributed by atoms with Gasteiger partial charge in [0.15, 0.2) is 17.1 Å². The fraction of sp³-hybridized carbons (Fsp3) is 0.333. The number of ether oxygens (including phenoxy) is 3. The van der Waals surface area contributed by atoms with Gasteiger partial charge in [-0.1, -0.05) is 18.2 Å². The highest BCUT2D eigenvalue weighted by atomic mass is 19.1. The van der Waals surface area contributed by atoms with Crippen LogP contribution in [0.15, 0.2) is 48.5 Å². The Morgan fingerprint density at radius 2 is 2.00 bits per heavy atom. The molecule has 1 unspecified atom stereocenters. The molecule has 1 atom stereocenters. The number of nitrogens with zero attached hydrogens (tertiary/aromatic N) is 4. The van der Waals surface area contributed by atoms with Gasteiger partial charge in [0.25, 0.3) is 0 Å². The van der Waals surface area contributed by atoms with E-state index in [1.807, 2.05) is 37.3 Å². The number of fused-ring (bicyclic) bond motifs is 2. The standard InChI is InChI=1S/C27H27FN4O4/c1-2-34-15-21-26(18-8-9-23-24(12-18)36-16-35-23)27-29-25(31-10-4-7-20(31)14-33)13-22(32(27)30-21)17-5-3-6-19(28)11-17/h3,5-6,8-9,11-13,20,33H,2,4,7,10,14-16H2,1H3. The number of aliphatic hydroxyl groups excluding tert-OH is 1. The number of halogens is 1. The number of aromatic nitrogens is 3. The zero-order valence-corrected chi connectivity index (χ0v) is 20.0. The van der Waals surface area contributed by atoms with Crippen LogP contribution in [0.2, 0.25) is 0 Å². The van der Waals surface area contributed by atoms with Gasteiger partial charge in [0, 0.05) is 24.8 Å². The van der Waals surface area contributed by atoms with Crippen molar-refractivity contribution in [3.8, 4) is 33.9 Å². The van der Waals surface area contributed by atoms with Gasteiger partial charge in [-0.25, -0.2) is 13.9 Å². The van der Waals surface area contributed by atoms with Crippen molar-refractivity contribution in [3.05, 3.63) is 60.0 Å². The second-order valence-corrected chi connectivity index (χ2v) is 8.94. The number of hydrogen-bond donors (Lipinski definition) is 1. The van der Waals surface area contributed by atoms with E-state index in [0.29, 0.717) is 41.6 Å². The Kier molecular flexibility index (Phi) is 5.94. The van der Waals surface area contributed by atoms with E-state index in [2.05, 4.69) is 4.90 Å². The first-order valence-electron chi connectivity index (χ1n) is 12.2. The maximum atomic E-state index is 14.3. The van der Waals surface area contributed by atoms with Gasteiger partial charge in [-0.2, -0.15) is 5.10 Å². The van der Waals surface area contributed by atoms with E-state index in [1.165, 1.54) is 12.1 Å². The average molecular weight is 491 g/mol.